The molecule has 0 aliphatic carbocycles. The van der Waals surface area contributed by atoms with E-state index in [0.29, 0.717) is 34.5 Å². The lowest BCUT2D eigenvalue weighted by Gasteiger charge is -2.11. The molecule has 3 aromatic rings. The molecule has 0 spiro atoms. The van der Waals surface area contributed by atoms with Crippen molar-refractivity contribution in [3.8, 4) is 17.1 Å². The SMILES string of the molecule is COc1cccc2oc(-c3ccccc3)c(C/C=C(\C)CCC=C(C)C)c(=O)c12. The van der Waals surface area contributed by atoms with Crippen LogP contribution in [0.5, 0.6) is 5.75 Å². The fraction of sp³-hybridized carbons (Fsp3) is 0.269. The summed E-state index contributed by atoms with van der Waals surface area (Å²) in [7, 11) is 1.58. The first kappa shape index (κ1) is 20.7. The lowest BCUT2D eigenvalue weighted by Crippen LogP contribution is -2.12. The highest BCUT2D eigenvalue weighted by molar-refractivity contribution is 5.86. The van der Waals surface area contributed by atoms with Gasteiger partial charge in [-0.05, 0) is 52.2 Å². The number of allylic oxidation sites excluding steroid dienone is 4. The highest BCUT2D eigenvalue weighted by atomic mass is 16.5. The Hall–Kier alpha value is -3.07. The third kappa shape index (κ3) is 4.86. The van der Waals surface area contributed by atoms with Crippen LogP contribution in [0.15, 0.2) is 81.0 Å². The molecule has 0 N–H and O–H groups in total. The zero-order chi connectivity index (χ0) is 20.8. The van der Waals surface area contributed by atoms with Crippen LogP contribution in [0, 0.1) is 0 Å². The zero-order valence-electron chi connectivity index (χ0n) is 17.6. The highest BCUT2D eigenvalue weighted by Gasteiger charge is 2.17. The predicted octanol–water partition coefficient (Wildman–Crippen LogP) is 6.70. The lowest BCUT2D eigenvalue weighted by atomic mass is 10.00. The van der Waals surface area contributed by atoms with Gasteiger partial charge in [0, 0.05) is 11.1 Å². The van der Waals surface area contributed by atoms with E-state index in [1.54, 1.807) is 13.2 Å². The minimum atomic E-state index is -0.0316. The molecular formula is C26H28O3. The van der Waals surface area contributed by atoms with Crippen LogP contribution in [0.1, 0.15) is 39.2 Å². The number of hydrogen-bond donors (Lipinski definition) is 0. The molecule has 0 radical (unpaired) electrons. The van der Waals surface area contributed by atoms with E-state index >= 15 is 0 Å². The van der Waals surface area contributed by atoms with Crippen molar-refractivity contribution in [2.45, 2.75) is 40.0 Å². The normalized spacial score (nSPS) is 11.5. The van der Waals surface area contributed by atoms with Crippen LogP contribution < -0.4 is 10.2 Å². The van der Waals surface area contributed by atoms with Gasteiger partial charge in [0.1, 0.15) is 22.5 Å². The third-order valence-corrected chi connectivity index (χ3v) is 4.98. The van der Waals surface area contributed by atoms with Gasteiger partial charge in [-0.25, -0.2) is 0 Å². The number of hydrogen-bond acceptors (Lipinski definition) is 3. The monoisotopic (exact) mass is 388 g/mol. The van der Waals surface area contributed by atoms with E-state index in [-0.39, 0.29) is 5.43 Å². The average Bonchev–Trinajstić information content (AvgIpc) is 2.72. The van der Waals surface area contributed by atoms with Crippen molar-refractivity contribution in [1.29, 1.82) is 0 Å². The summed E-state index contributed by atoms with van der Waals surface area (Å²) in [6, 6.07) is 15.3. The number of rotatable bonds is 7. The molecule has 0 aliphatic rings. The third-order valence-electron chi connectivity index (χ3n) is 4.98. The largest absolute Gasteiger partial charge is 0.496 e. The predicted molar refractivity (Wildman–Crippen MR) is 121 cm³/mol. The molecule has 0 bridgehead atoms. The Kier molecular flexibility index (Phi) is 6.71. The first-order valence-electron chi connectivity index (χ1n) is 9.98. The van der Waals surface area contributed by atoms with Gasteiger partial charge in [0.25, 0.3) is 0 Å². The molecule has 3 rings (SSSR count). The van der Waals surface area contributed by atoms with Crippen LogP contribution >= 0.6 is 0 Å². The first-order valence-corrected chi connectivity index (χ1v) is 9.98. The van der Waals surface area contributed by atoms with E-state index in [2.05, 4.69) is 32.9 Å². The molecule has 29 heavy (non-hydrogen) atoms. The Bertz CT molecular complexity index is 1100. The molecule has 0 saturated heterocycles. The number of ether oxygens (including phenoxy) is 1. The summed E-state index contributed by atoms with van der Waals surface area (Å²) in [6.07, 6.45) is 6.90. The van der Waals surface area contributed by atoms with Crippen molar-refractivity contribution in [3.05, 3.63) is 87.6 Å². The maximum absolute atomic E-state index is 13.4. The van der Waals surface area contributed by atoms with E-state index in [1.807, 2.05) is 42.5 Å². The molecule has 3 heteroatoms. The van der Waals surface area contributed by atoms with Crippen molar-refractivity contribution in [1.82, 2.24) is 0 Å². The zero-order valence-corrected chi connectivity index (χ0v) is 17.6. The smallest absolute Gasteiger partial charge is 0.200 e. The van der Waals surface area contributed by atoms with Crippen LogP contribution in [-0.4, -0.2) is 7.11 Å². The molecule has 1 aromatic heterocycles. The number of fused-ring (bicyclic) bond motifs is 1. The van der Waals surface area contributed by atoms with Crippen molar-refractivity contribution >= 4 is 11.0 Å². The molecular weight excluding hydrogens is 360 g/mol. The fourth-order valence-corrected chi connectivity index (χ4v) is 3.39. The molecule has 150 valence electrons. The maximum atomic E-state index is 13.4. The topological polar surface area (TPSA) is 39.4 Å². The van der Waals surface area contributed by atoms with Crippen LogP contribution in [0.3, 0.4) is 0 Å². The fourth-order valence-electron chi connectivity index (χ4n) is 3.39. The molecule has 0 saturated carbocycles. The molecule has 0 unspecified atom stereocenters. The Morgan fingerprint density at radius 2 is 1.76 bits per heavy atom. The van der Waals surface area contributed by atoms with Gasteiger partial charge >= 0.3 is 0 Å². The van der Waals surface area contributed by atoms with Gasteiger partial charge in [0.05, 0.1) is 7.11 Å². The van der Waals surface area contributed by atoms with Gasteiger partial charge in [-0.1, -0.05) is 59.7 Å². The standard InChI is InChI=1S/C26H28O3/c1-18(2)10-8-11-19(3)16-17-21-25(27)24-22(28-4)14-9-15-23(24)29-26(21)20-12-6-5-7-13-20/h5-7,9-10,12-16H,8,11,17H2,1-4H3/b19-16+. The average molecular weight is 389 g/mol. The summed E-state index contributed by atoms with van der Waals surface area (Å²) >= 11 is 0. The summed E-state index contributed by atoms with van der Waals surface area (Å²) in [6.45, 7) is 6.34. The van der Waals surface area contributed by atoms with Gasteiger partial charge in [-0.15, -0.1) is 0 Å². The minimum Gasteiger partial charge on any atom is -0.496 e. The van der Waals surface area contributed by atoms with Crippen molar-refractivity contribution in [3.63, 3.8) is 0 Å². The summed E-state index contributed by atoms with van der Waals surface area (Å²) in [5, 5.41) is 0.500. The van der Waals surface area contributed by atoms with Crippen LogP contribution in [-0.2, 0) is 6.42 Å². The summed E-state index contributed by atoms with van der Waals surface area (Å²) in [5.74, 6) is 1.17. The van der Waals surface area contributed by atoms with E-state index in [1.165, 1.54) is 11.1 Å². The van der Waals surface area contributed by atoms with Crippen LogP contribution in [0.4, 0.5) is 0 Å². The molecule has 1 heterocycles. The van der Waals surface area contributed by atoms with Gasteiger partial charge in [-0.2, -0.15) is 0 Å². The van der Waals surface area contributed by atoms with E-state index in [9.17, 15) is 4.79 Å². The minimum absolute atomic E-state index is 0.0316. The second-order valence-corrected chi connectivity index (χ2v) is 7.51. The summed E-state index contributed by atoms with van der Waals surface area (Å²) in [4.78, 5) is 13.4. The second-order valence-electron chi connectivity index (χ2n) is 7.51. The van der Waals surface area contributed by atoms with Crippen molar-refractivity contribution in [2.24, 2.45) is 0 Å². The molecule has 0 amide bonds. The van der Waals surface area contributed by atoms with E-state index in [4.69, 9.17) is 9.15 Å². The van der Waals surface area contributed by atoms with Crippen LogP contribution in [0.25, 0.3) is 22.3 Å². The van der Waals surface area contributed by atoms with E-state index in [0.717, 1.165) is 18.4 Å². The highest BCUT2D eigenvalue weighted by Crippen LogP contribution is 2.30. The van der Waals surface area contributed by atoms with Crippen molar-refractivity contribution in [2.75, 3.05) is 7.11 Å². The molecule has 0 aliphatic heterocycles. The van der Waals surface area contributed by atoms with Gasteiger partial charge in [0.2, 0.25) is 5.43 Å². The molecule has 2 aromatic carbocycles. The quantitative estimate of drug-likeness (QED) is 0.423. The Morgan fingerprint density at radius 3 is 2.45 bits per heavy atom. The van der Waals surface area contributed by atoms with Gasteiger partial charge in [-0.3, -0.25) is 4.79 Å². The Balaban J connectivity index is 2.09. The molecule has 0 atom stereocenters. The van der Waals surface area contributed by atoms with Crippen molar-refractivity contribution < 1.29 is 9.15 Å². The molecule has 3 nitrogen and oxygen atoms in total. The lowest BCUT2D eigenvalue weighted by molar-refractivity contribution is 0.418. The van der Waals surface area contributed by atoms with E-state index < -0.39 is 0 Å². The Labute approximate surface area is 172 Å². The second kappa shape index (κ2) is 9.42. The first-order chi connectivity index (χ1) is 14.0. The maximum Gasteiger partial charge on any atom is 0.200 e. The number of methoxy groups -OCH3 is 1. The van der Waals surface area contributed by atoms with Gasteiger partial charge in [0.15, 0.2) is 0 Å². The van der Waals surface area contributed by atoms with Gasteiger partial charge < -0.3 is 9.15 Å². The summed E-state index contributed by atoms with van der Waals surface area (Å²) in [5.41, 5.74) is 4.67. The van der Waals surface area contributed by atoms with Crippen LogP contribution in [0.2, 0.25) is 0 Å². The Morgan fingerprint density at radius 1 is 1.00 bits per heavy atom. The summed E-state index contributed by atoms with van der Waals surface area (Å²) < 4.78 is 11.7. The number of benzene rings is 2. The molecule has 0 fully saturated rings.